The molecule has 1 unspecified atom stereocenters. The molecule has 5 rings (SSSR count). The van der Waals surface area contributed by atoms with Crippen molar-refractivity contribution in [3.63, 3.8) is 0 Å². The average molecular weight is 510 g/mol. The molecule has 2 aromatic carbocycles. The van der Waals surface area contributed by atoms with Crippen LogP contribution in [-0.4, -0.2) is 65.2 Å². The van der Waals surface area contributed by atoms with Gasteiger partial charge in [0.1, 0.15) is 11.8 Å². The number of aromatic hydroxyl groups is 1. The summed E-state index contributed by atoms with van der Waals surface area (Å²) in [6.07, 6.45) is 2.37. The first-order valence-electron chi connectivity index (χ1n) is 11.9. The number of nitriles is 1. The van der Waals surface area contributed by atoms with Crippen LogP contribution < -0.4 is 4.72 Å². The highest BCUT2D eigenvalue weighted by Gasteiger charge is 2.30. The molecule has 0 amide bonds. The summed E-state index contributed by atoms with van der Waals surface area (Å²) in [7, 11) is -3.49. The second kappa shape index (κ2) is 9.99. The number of aliphatic hydroxyl groups excluding tert-OH is 1. The highest BCUT2D eigenvalue weighted by molar-refractivity contribution is 7.89. The highest BCUT2D eigenvalue weighted by Crippen LogP contribution is 2.38. The van der Waals surface area contributed by atoms with Gasteiger partial charge < -0.3 is 19.6 Å². The predicted octanol–water partition coefficient (Wildman–Crippen LogP) is 2.34. The van der Waals surface area contributed by atoms with Gasteiger partial charge in [-0.25, -0.2) is 13.1 Å². The molecule has 0 spiro atoms. The third-order valence-electron chi connectivity index (χ3n) is 6.86. The van der Waals surface area contributed by atoms with Crippen molar-refractivity contribution in [2.45, 2.75) is 37.8 Å². The van der Waals surface area contributed by atoms with Crippen molar-refractivity contribution in [3.05, 3.63) is 53.1 Å². The molecule has 1 aliphatic heterocycles. The van der Waals surface area contributed by atoms with Crippen molar-refractivity contribution < 1.29 is 23.2 Å². The zero-order valence-electron chi connectivity index (χ0n) is 19.6. The Morgan fingerprint density at radius 2 is 2.00 bits per heavy atom. The highest BCUT2D eigenvalue weighted by atomic mass is 32.2. The van der Waals surface area contributed by atoms with Gasteiger partial charge in [-0.3, -0.25) is 0 Å². The van der Waals surface area contributed by atoms with Crippen LogP contribution in [0.25, 0.3) is 22.8 Å². The van der Waals surface area contributed by atoms with Crippen molar-refractivity contribution in [2.75, 3.05) is 25.4 Å². The largest absolute Gasteiger partial charge is 0.507 e. The fourth-order valence-electron chi connectivity index (χ4n) is 4.86. The minimum atomic E-state index is -3.49. The van der Waals surface area contributed by atoms with Gasteiger partial charge in [0.05, 0.1) is 17.4 Å². The van der Waals surface area contributed by atoms with Gasteiger partial charge >= 0.3 is 0 Å². The predicted molar refractivity (Wildman–Crippen MR) is 131 cm³/mol. The van der Waals surface area contributed by atoms with E-state index in [-0.39, 0.29) is 35.1 Å². The Kier molecular flexibility index (Phi) is 6.77. The molecule has 36 heavy (non-hydrogen) atoms. The smallest absolute Gasteiger partial charge is 0.258 e. The maximum absolute atomic E-state index is 12.8. The zero-order valence-corrected chi connectivity index (χ0v) is 20.4. The van der Waals surface area contributed by atoms with E-state index >= 15 is 0 Å². The summed E-state index contributed by atoms with van der Waals surface area (Å²) >= 11 is 0. The molecule has 11 heteroatoms. The number of rotatable bonds is 7. The molecule has 1 aliphatic carbocycles. The molecule has 10 nitrogen and oxygen atoms in total. The molecular formula is C25H27N5O5S. The van der Waals surface area contributed by atoms with Crippen LogP contribution in [0.5, 0.6) is 5.75 Å². The molecule has 1 saturated heterocycles. The standard InChI is InChI=1S/C25H27N5O5S/c26-15-17-14-16(4-7-23(17)32)25-27-24(28-35-25)21-3-1-2-20-19(21)5-6-22(20)29-36(33,34)13-12-30-10-8-18(31)9-11-30/h1-4,7,14,18,22,29,31-32H,5-6,8-13H2. The van der Waals surface area contributed by atoms with Crippen LogP contribution in [0.2, 0.25) is 0 Å². The molecule has 188 valence electrons. The summed E-state index contributed by atoms with van der Waals surface area (Å²) in [5.74, 6) is 0.494. The number of piperidine rings is 1. The van der Waals surface area contributed by atoms with Crippen molar-refractivity contribution in [2.24, 2.45) is 0 Å². The Bertz CT molecular complexity index is 1410. The molecule has 3 aromatic rings. The van der Waals surface area contributed by atoms with E-state index in [1.54, 1.807) is 6.07 Å². The maximum Gasteiger partial charge on any atom is 0.258 e. The van der Waals surface area contributed by atoms with Crippen molar-refractivity contribution in [3.8, 4) is 34.7 Å². The van der Waals surface area contributed by atoms with E-state index in [1.807, 2.05) is 24.3 Å². The van der Waals surface area contributed by atoms with E-state index in [2.05, 4.69) is 19.8 Å². The molecular weight excluding hydrogens is 482 g/mol. The number of hydrogen-bond donors (Lipinski definition) is 3. The van der Waals surface area contributed by atoms with Crippen molar-refractivity contribution in [1.29, 1.82) is 5.26 Å². The number of aliphatic hydroxyl groups is 1. The molecule has 1 aromatic heterocycles. The van der Waals surface area contributed by atoms with Gasteiger partial charge in [-0.15, -0.1) is 0 Å². The third-order valence-corrected chi connectivity index (χ3v) is 8.22. The van der Waals surface area contributed by atoms with Gasteiger partial charge in [0.25, 0.3) is 5.89 Å². The maximum atomic E-state index is 12.8. The van der Waals surface area contributed by atoms with Crippen LogP contribution in [-0.2, 0) is 16.4 Å². The number of nitrogens with one attached hydrogen (secondary N) is 1. The normalized spacial score (nSPS) is 18.7. The molecule has 2 heterocycles. The summed E-state index contributed by atoms with van der Waals surface area (Å²) in [5.41, 5.74) is 3.28. The molecule has 0 radical (unpaired) electrons. The second-order valence-electron chi connectivity index (χ2n) is 9.24. The Morgan fingerprint density at radius 3 is 2.78 bits per heavy atom. The van der Waals surface area contributed by atoms with Crippen molar-refractivity contribution >= 4 is 10.0 Å². The average Bonchev–Trinajstić information content (AvgIpc) is 3.52. The third kappa shape index (κ3) is 5.12. The lowest BCUT2D eigenvalue weighted by Gasteiger charge is -2.29. The first kappa shape index (κ1) is 24.4. The summed E-state index contributed by atoms with van der Waals surface area (Å²) in [6.45, 7) is 1.86. The van der Waals surface area contributed by atoms with E-state index < -0.39 is 10.0 Å². The van der Waals surface area contributed by atoms with Crippen LogP contribution >= 0.6 is 0 Å². The van der Waals surface area contributed by atoms with Crippen LogP contribution in [0, 0.1) is 11.3 Å². The topological polar surface area (TPSA) is 153 Å². The minimum absolute atomic E-state index is 0.0140. The van der Waals surface area contributed by atoms with E-state index in [0.717, 1.165) is 16.7 Å². The first-order chi connectivity index (χ1) is 17.3. The number of benzene rings is 2. The molecule has 0 saturated carbocycles. The summed E-state index contributed by atoms with van der Waals surface area (Å²) < 4.78 is 33.9. The zero-order chi connectivity index (χ0) is 25.3. The Labute approximate surface area is 209 Å². The fraction of sp³-hybridized carbons (Fsp3) is 0.400. The molecule has 1 atom stereocenters. The summed E-state index contributed by atoms with van der Waals surface area (Å²) in [6, 6.07) is 11.7. The minimum Gasteiger partial charge on any atom is -0.507 e. The number of phenolic OH excluding ortho intramolecular Hbond substituents is 1. The number of aromatic nitrogens is 2. The Hall–Kier alpha value is -3.30. The number of phenols is 1. The van der Waals surface area contributed by atoms with Gasteiger partial charge in [-0.2, -0.15) is 10.2 Å². The van der Waals surface area contributed by atoms with Crippen LogP contribution in [0.4, 0.5) is 0 Å². The van der Waals surface area contributed by atoms with Gasteiger partial charge in [-0.1, -0.05) is 23.4 Å². The van der Waals surface area contributed by atoms with Crippen LogP contribution in [0.1, 0.15) is 42.0 Å². The molecule has 2 aliphatic rings. The van der Waals surface area contributed by atoms with E-state index in [0.29, 0.717) is 56.7 Å². The SMILES string of the molecule is N#Cc1cc(-c2nc(-c3cccc4c3CCC4NS(=O)(=O)CCN3CCC(O)CC3)no2)ccc1O. The number of hydrogen-bond acceptors (Lipinski definition) is 9. The van der Waals surface area contributed by atoms with Gasteiger partial charge in [0.15, 0.2) is 0 Å². The second-order valence-corrected chi connectivity index (χ2v) is 11.1. The van der Waals surface area contributed by atoms with Crippen molar-refractivity contribution in [1.82, 2.24) is 19.8 Å². The number of nitrogens with zero attached hydrogens (tertiary/aromatic N) is 4. The monoisotopic (exact) mass is 509 g/mol. The van der Waals surface area contributed by atoms with Gasteiger partial charge in [0, 0.05) is 36.8 Å². The summed E-state index contributed by atoms with van der Waals surface area (Å²) in [4.78, 5) is 6.57. The lowest BCUT2D eigenvalue weighted by molar-refractivity contribution is 0.0855. The van der Waals surface area contributed by atoms with Gasteiger partial charge in [-0.05, 0) is 55.0 Å². The quantitative estimate of drug-likeness (QED) is 0.436. The van der Waals surface area contributed by atoms with Gasteiger partial charge in [0.2, 0.25) is 15.8 Å². The Morgan fingerprint density at radius 1 is 1.19 bits per heavy atom. The van der Waals surface area contributed by atoms with E-state index in [1.165, 1.54) is 12.1 Å². The molecule has 0 bridgehead atoms. The lowest BCUT2D eigenvalue weighted by Crippen LogP contribution is -2.40. The van der Waals surface area contributed by atoms with E-state index in [4.69, 9.17) is 9.78 Å². The molecule has 1 fully saturated rings. The molecule has 3 N–H and O–H groups in total. The lowest BCUT2D eigenvalue weighted by atomic mass is 10.0. The Balaban J connectivity index is 1.31. The first-order valence-corrected chi connectivity index (χ1v) is 13.6. The summed E-state index contributed by atoms with van der Waals surface area (Å²) in [5, 5.41) is 32.6. The van der Waals surface area contributed by atoms with Crippen LogP contribution in [0.3, 0.4) is 0 Å². The number of fused-ring (bicyclic) bond motifs is 1. The number of sulfonamides is 1. The fourth-order valence-corrected chi connectivity index (χ4v) is 6.16. The number of likely N-dealkylation sites (tertiary alicyclic amines) is 1. The van der Waals surface area contributed by atoms with E-state index in [9.17, 15) is 18.6 Å². The van der Waals surface area contributed by atoms with Crippen LogP contribution in [0.15, 0.2) is 40.9 Å².